The number of hydrogen-bond donors (Lipinski definition) is 1. The van der Waals surface area contributed by atoms with Gasteiger partial charge >= 0.3 is 5.97 Å². The van der Waals surface area contributed by atoms with Gasteiger partial charge in [-0.1, -0.05) is 23.7 Å². The monoisotopic (exact) mass is 253 g/mol. The molecule has 0 atom stereocenters. The number of carboxylic acid groups (broad SMARTS) is 1. The summed E-state index contributed by atoms with van der Waals surface area (Å²) < 4.78 is 0. The third kappa shape index (κ3) is 4.36. The van der Waals surface area contributed by atoms with E-state index in [0.29, 0.717) is 17.5 Å². The van der Waals surface area contributed by atoms with Crippen molar-refractivity contribution in [3.05, 3.63) is 34.9 Å². The van der Waals surface area contributed by atoms with Gasteiger partial charge in [-0.15, -0.1) is 0 Å². The molecule has 1 aromatic carbocycles. The molecule has 0 bridgehead atoms. The summed E-state index contributed by atoms with van der Waals surface area (Å²) >= 11 is 5.82. The molecule has 0 spiro atoms. The summed E-state index contributed by atoms with van der Waals surface area (Å²) in [5, 5.41) is 9.59. The van der Waals surface area contributed by atoms with E-state index in [1.165, 1.54) is 12.8 Å². The lowest BCUT2D eigenvalue weighted by atomic mass is 10.2. The van der Waals surface area contributed by atoms with Gasteiger partial charge in [0.25, 0.3) is 0 Å². The molecule has 4 heteroatoms. The van der Waals surface area contributed by atoms with Crippen molar-refractivity contribution in [1.82, 2.24) is 4.90 Å². The number of aliphatic carboxylic acids is 1. The van der Waals surface area contributed by atoms with Crippen LogP contribution < -0.4 is 0 Å². The molecule has 0 aliphatic heterocycles. The van der Waals surface area contributed by atoms with Crippen LogP contribution in [-0.2, 0) is 11.3 Å². The normalized spacial score (nSPS) is 15.2. The molecule has 1 N–H and O–H groups in total. The zero-order valence-electron chi connectivity index (χ0n) is 9.60. The maximum absolute atomic E-state index is 10.8. The number of halogens is 1. The Morgan fingerprint density at radius 2 is 2.00 bits per heavy atom. The summed E-state index contributed by atoms with van der Waals surface area (Å²) in [7, 11) is 0. The summed E-state index contributed by atoms with van der Waals surface area (Å²) in [6.07, 6.45) is 2.47. The molecule has 0 saturated heterocycles. The van der Waals surface area contributed by atoms with E-state index < -0.39 is 5.97 Å². The Hall–Kier alpha value is -1.06. The molecule has 1 fully saturated rings. The second kappa shape index (κ2) is 5.52. The van der Waals surface area contributed by atoms with Crippen LogP contribution in [0, 0.1) is 5.92 Å². The summed E-state index contributed by atoms with van der Waals surface area (Å²) in [4.78, 5) is 12.8. The molecule has 3 nitrogen and oxygen atoms in total. The Labute approximate surface area is 106 Å². The largest absolute Gasteiger partial charge is 0.480 e. The van der Waals surface area contributed by atoms with Crippen molar-refractivity contribution in [3.63, 3.8) is 0 Å². The minimum atomic E-state index is -0.764. The van der Waals surface area contributed by atoms with Crippen LogP contribution in [0.1, 0.15) is 18.4 Å². The molecule has 1 aromatic rings. The molecule has 0 unspecified atom stereocenters. The fourth-order valence-corrected chi connectivity index (χ4v) is 2.02. The van der Waals surface area contributed by atoms with E-state index in [2.05, 4.69) is 0 Å². The summed E-state index contributed by atoms with van der Waals surface area (Å²) in [5.41, 5.74) is 1.11. The number of rotatable bonds is 6. The zero-order chi connectivity index (χ0) is 12.3. The van der Waals surface area contributed by atoms with E-state index in [9.17, 15) is 4.79 Å². The van der Waals surface area contributed by atoms with Crippen LogP contribution in [0.5, 0.6) is 0 Å². The van der Waals surface area contributed by atoms with Gasteiger partial charge in [-0.25, -0.2) is 0 Å². The van der Waals surface area contributed by atoms with E-state index >= 15 is 0 Å². The van der Waals surface area contributed by atoms with Gasteiger partial charge in [-0.05, 0) is 36.5 Å². The maximum atomic E-state index is 10.8. The van der Waals surface area contributed by atoms with Crippen molar-refractivity contribution in [2.45, 2.75) is 19.4 Å². The summed E-state index contributed by atoms with van der Waals surface area (Å²) in [5.74, 6) is -0.0683. The van der Waals surface area contributed by atoms with Crippen LogP contribution in [0.2, 0.25) is 5.02 Å². The maximum Gasteiger partial charge on any atom is 0.317 e. The van der Waals surface area contributed by atoms with Crippen LogP contribution >= 0.6 is 11.6 Å². The van der Waals surface area contributed by atoms with Gasteiger partial charge in [0.1, 0.15) is 0 Å². The first-order valence-electron chi connectivity index (χ1n) is 5.82. The van der Waals surface area contributed by atoms with Gasteiger partial charge in [0.2, 0.25) is 0 Å². The second-order valence-corrected chi connectivity index (χ2v) is 5.07. The smallest absolute Gasteiger partial charge is 0.317 e. The van der Waals surface area contributed by atoms with Crippen molar-refractivity contribution in [2.75, 3.05) is 13.1 Å². The SMILES string of the molecule is O=C(O)CN(Cc1ccc(Cl)cc1)CC1CC1. The van der Waals surface area contributed by atoms with E-state index in [1.54, 1.807) is 0 Å². The predicted octanol–water partition coefficient (Wildman–Crippen LogP) is 2.64. The fourth-order valence-electron chi connectivity index (χ4n) is 1.89. The fraction of sp³-hybridized carbons (Fsp3) is 0.462. The van der Waals surface area contributed by atoms with E-state index in [-0.39, 0.29) is 6.54 Å². The Kier molecular flexibility index (Phi) is 4.02. The van der Waals surface area contributed by atoms with E-state index in [1.807, 2.05) is 29.2 Å². The van der Waals surface area contributed by atoms with Crippen molar-refractivity contribution in [2.24, 2.45) is 5.92 Å². The van der Waals surface area contributed by atoms with Crippen LogP contribution in [0.4, 0.5) is 0 Å². The van der Waals surface area contributed by atoms with Gasteiger partial charge < -0.3 is 5.11 Å². The number of nitrogens with zero attached hydrogens (tertiary/aromatic N) is 1. The molecule has 1 aliphatic rings. The molecule has 0 heterocycles. The first-order chi connectivity index (χ1) is 8.13. The van der Waals surface area contributed by atoms with Crippen LogP contribution in [-0.4, -0.2) is 29.1 Å². The minimum absolute atomic E-state index is 0.110. The summed E-state index contributed by atoms with van der Waals surface area (Å²) in [6, 6.07) is 7.58. The molecule has 0 aromatic heterocycles. The Balaban J connectivity index is 1.94. The molecule has 1 saturated carbocycles. The number of benzene rings is 1. The predicted molar refractivity (Wildman–Crippen MR) is 67.1 cm³/mol. The van der Waals surface area contributed by atoms with E-state index in [4.69, 9.17) is 16.7 Å². The first kappa shape index (κ1) is 12.4. The number of carboxylic acids is 1. The van der Waals surface area contributed by atoms with Crippen LogP contribution in [0.3, 0.4) is 0 Å². The Morgan fingerprint density at radius 3 is 2.53 bits per heavy atom. The van der Waals surface area contributed by atoms with Crippen molar-refractivity contribution in [3.8, 4) is 0 Å². The molecule has 2 rings (SSSR count). The third-order valence-electron chi connectivity index (χ3n) is 2.89. The highest BCUT2D eigenvalue weighted by Crippen LogP contribution is 2.30. The lowest BCUT2D eigenvalue weighted by Crippen LogP contribution is -2.31. The molecule has 0 radical (unpaired) electrons. The zero-order valence-corrected chi connectivity index (χ0v) is 10.4. The number of carbonyl (C=O) groups is 1. The van der Waals surface area contributed by atoms with Crippen molar-refractivity contribution >= 4 is 17.6 Å². The Morgan fingerprint density at radius 1 is 1.35 bits per heavy atom. The third-order valence-corrected chi connectivity index (χ3v) is 3.14. The van der Waals surface area contributed by atoms with Crippen molar-refractivity contribution in [1.29, 1.82) is 0 Å². The first-order valence-corrected chi connectivity index (χ1v) is 6.20. The lowest BCUT2D eigenvalue weighted by Gasteiger charge is -2.20. The van der Waals surface area contributed by atoms with Gasteiger partial charge in [0.15, 0.2) is 0 Å². The average molecular weight is 254 g/mol. The molecular weight excluding hydrogens is 238 g/mol. The molecule has 17 heavy (non-hydrogen) atoms. The van der Waals surface area contributed by atoms with E-state index in [0.717, 1.165) is 12.1 Å². The molecule has 1 aliphatic carbocycles. The average Bonchev–Trinajstić information content (AvgIpc) is 3.04. The minimum Gasteiger partial charge on any atom is -0.480 e. The van der Waals surface area contributed by atoms with Crippen LogP contribution in [0.15, 0.2) is 24.3 Å². The van der Waals surface area contributed by atoms with Crippen LogP contribution in [0.25, 0.3) is 0 Å². The van der Waals surface area contributed by atoms with Gasteiger partial charge in [-0.3, -0.25) is 9.69 Å². The van der Waals surface area contributed by atoms with Gasteiger partial charge in [0, 0.05) is 18.1 Å². The highest BCUT2D eigenvalue weighted by atomic mass is 35.5. The summed E-state index contributed by atoms with van der Waals surface area (Å²) in [6.45, 7) is 1.67. The second-order valence-electron chi connectivity index (χ2n) is 4.63. The molecule has 0 amide bonds. The standard InChI is InChI=1S/C13H16ClNO2/c14-12-5-3-11(4-6-12)8-15(9-13(16)17)7-10-1-2-10/h3-6,10H,1-2,7-9H2,(H,16,17). The van der Waals surface area contributed by atoms with Gasteiger partial charge in [-0.2, -0.15) is 0 Å². The molecular formula is C13H16ClNO2. The molecule has 92 valence electrons. The highest BCUT2D eigenvalue weighted by Gasteiger charge is 2.25. The Bertz CT molecular complexity index is 387. The number of hydrogen-bond acceptors (Lipinski definition) is 2. The topological polar surface area (TPSA) is 40.5 Å². The lowest BCUT2D eigenvalue weighted by molar-refractivity contribution is -0.138. The quantitative estimate of drug-likeness (QED) is 0.847. The van der Waals surface area contributed by atoms with Gasteiger partial charge in [0.05, 0.1) is 6.54 Å². The highest BCUT2D eigenvalue weighted by molar-refractivity contribution is 6.30. The van der Waals surface area contributed by atoms with Crippen molar-refractivity contribution < 1.29 is 9.90 Å².